The van der Waals surface area contributed by atoms with Crippen LogP contribution in [0.5, 0.6) is 0 Å². The third-order valence-electron chi connectivity index (χ3n) is 4.69. The lowest BCUT2D eigenvalue weighted by Gasteiger charge is -2.23. The van der Waals surface area contributed by atoms with Crippen molar-refractivity contribution in [3.8, 4) is 0 Å². The second-order valence-corrected chi connectivity index (χ2v) is 6.77. The van der Waals surface area contributed by atoms with Gasteiger partial charge in [-0.15, -0.1) is 0 Å². The van der Waals surface area contributed by atoms with E-state index in [2.05, 4.69) is 0 Å². The Hall–Kier alpha value is -1.26. The highest BCUT2D eigenvalue weighted by molar-refractivity contribution is 5.80. The molecule has 2 N–H and O–H groups in total. The van der Waals surface area contributed by atoms with Gasteiger partial charge in [-0.2, -0.15) is 0 Å². The van der Waals surface area contributed by atoms with E-state index in [9.17, 15) is 9.59 Å². The standard InChI is InChI=1S/C18H31NO8/c20-9-7-19(8-10-21)6-5-16(22)27-17(15-4-2-12-25-15)18(23)26-13-14-3-1-11-24-14/h14-15,17,20-21H,1-13H2. The van der Waals surface area contributed by atoms with Crippen LogP contribution in [0.15, 0.2) is 0 Å². The fourth-order valence-electron chi connectivity index (χ4n) is 3.22. The minimum Gasteiger partial charge on any atom is -0.460 e. The van der Waals surface area contributed by atoms with Crippen LogP contribution in [0.4, 0.5) is 0 Å². The number of ether oxygens (including phenoxy) is 4. The van der Waals surface area contributed by atoms with Crippen molar-refractivity contribution in [2.45, 2.75) is 50.4 Å². The molecule has 0 radical (unpaired) electrons. The zero-order valence-corrected chi connectivity index (χ0v) is 15.7. The molecule has 27 heavy (non-hydrogen) atoms. The van der Waals surface area contributed by atoms with Crippen molar-refractivity contribution < 1.29 is 38.7 Å². The van der Waals surface area contributed by atoms with Crippen LogP contribution in [0.25, 0.3) is 0 Å². The van der Waals surface area contributed by atoms with Crippen molar-refractivity contribution in [1.82, 2.24) is 4.90 Å². The van der Waals surface area contributed by atoms with Crippen molar-refractivity contribution >= 4 is 11.9 Å². The Morgan fingerprint density at radius 3 is 2.33 bits per heavy atom. The Bertz CT molecular complexity index is 443. The van der Waals surface area contributed by atoms with Gasteiger partial charge in [0.1, 0.15) is 12.7 Å². The normalized spacial score (nSPS) is 23.5. The molecule has 2 heterocycles. The summed E-state index contributed by atoms with van der Waals surface area (Å²) < 4.78 is 21.7. The van der Waals surface area contributed by atoms with Gasteiger partial charge in [0.25, 0.3) is 0 Å². The average molecular weight is 389 g/mol. The number of hydrogen-bond acceptors (Lipinski definition) is 9. The van der Waals surface area contributed by atoms with Crippen LogP contribution in [0.2, 0.25) is 0 Å². The molecule has 156 valence electrons. The maximum atomic E-state index is 12.5. The van der Waals surface area contributed by atoms with Gasteiger partial charge in [-0.05, 0) is 25.7 Å². The number of esters is 2. The third-order valence-corrected chi connectivity index (χ3v) is 4.69. The Kier molecular flexibility index (Phi) is 10.00. The molecule has 3 atom stereocenters. The first-order valence-electron chi connectivity index (χ1n) is 9.67. The molecule has 0 spiro atoms. The summed E-state index contributed by atoms with van der Waals surface area (Å²) in [5.41, 5.74) is 0. The molecule has 2 aliphatic rings. The molecule has 2 rings (SSSR count). The molecule has 2 fully saturated rings. The number of aliphatic hydroxyl groups is 2. The second-order valence-electron chi connectivity index (χ2n) is 6.77. The van der Waals surface area contributed by atoms with Crippen LogP contribution in [0.3, 0.4) is 0 Å². The van der Waals surface area contributed by atoms with E-state index in [4.69, 9.17) is 29.2 Å². The molecule has 2 saturated heterocycles. The molecule has 0 saturated carbocycles. The zero-order chi connectivity index (χ0) is 19.5. The first-order chi connectivity index (χ1) is 13.1. The summed E-state index contributed by atoms with van der Waals surface area (Å²) in [4.78, 5) is 26.4. The summed E-state index contributed by atoms with van der Waals surface area (Å²) in [6, 6.07) is 0. The van der Waals surface area contributed by atoms with Crippen LogP contribution in [0, 0.1) is 0 Å². The van der Waals surface area contributed by atoms with E-state index in [0.29, 0.717) is 39.3 Å². The molecule has 0 aromatic heterocycles. The second kappa shape index (κ2) is 12.2. The lowest BCUT2D eigenvalue weighted by molar-refractivity contribution is -0.178. The van der Waals surface area contributed by atoms with E-state index < -0.39 is 24.1 Å². The van der Waals surface area contributed by atoms with E-state index in [0.717, 1.165) is 19.3 Å². The van der Waals surface area contributed by atoms with Gasteiger partial charge in [0.05, 0.1) is 25.7 Å². The van der Waals surface area contributed by atoms with Crippen molar-refractivity contribution in [1.29, 1.82) is 0 Å². The molecule has 0 aromatic rings. The fraction of sp³-hybridized carbons (Fsp3) is 0.889. The first kappa shape index (κ1) is 22.0. The molecule has 9 nitrogen and oxygen atoms in total. The van der Waals surface area contributed by atoms with Gasteiger partial charge in [0.15, 0.2) is 0 Å². The van der Waals surface area contributed by atoms with Gasteiger partial charge in [0, 0.05) is 32.8 Å². The van der Waals surface area contributed by atoms with Gasteiger partial charge in [-0.25, -0.2) is 4.79 Å². The lowest BCUT2D eigenvalue weighted by atomic mass is 10.1. The predicted octanol–water partition coefficient (Wildman–Crippen LogP) is -0.524. The average Bonchev–Trinajstić information content (AvgIpc) is 3.36. The van der Waals surface area contributed by atoms with E-state index in [1.165, 1.54) is 0 Å². The Labute approximate surface area is 159 Å². The summed E-state index contributed by atoms with van der Waals surface area (Å²) in [7, 11) is 0. The fourth-order valence-corrected chi connectivity index (χ4v) is 3.22. The number of carbonyl (C=O) groups excluding carboxylic acids is 2. The molecule has 0 bridgehead atoms. The molecular formula is C18H31NO8. The number of hydrogen-bond donors (Lipinski definition) is 2. The van der Waals surface area contributed by atoms with Crippen LogP contribution in [-0.4, -0.2) is 98.0 Å². The van der Waals surface area contributed by atoms with Crippen LogP contribution < -0.4 is 0 Å². The maximum Gasteiger partial charge on any atom is 0.350 e. The monoisotopic (exact) mass is 389 g/mol. The topological polar surface area (TPSA) is 115 Å². The number of nitrogens with zero attached hydrogens (tertiary/aromatic N) is 1. The van der Waals surface area contributed by atoms with Crippen molar-refractivity contribution in [3.05, 3.63) is 0 Å². The number of rotatable bonds is 12. The largest absolute Gasteiger partial charge is 0.460 e. The van der Waals surface area contributed by atoms with Crippen LogP contribution >= 0.6 is 0 Å². The molecule has 2 aliphatic heterocycles. The summed E-state index contributed by atoms with van der Waals surface area (Å²) >= 11 is 0. The van der Waals surface area contributed by atoms with Gasteiger partial charge in [0.2, 0.25) is 6.10 Å². The van der Waals surface area contributed by atoms with Crippen LogP contribution in [-0.2, 0) is 28.5 Å². The van der Waals surface area contributed by atoms with Gasteiger partial charge in [-0.1, -0.05) is 0 Å². The van der Waals surface area contributed by atoms with Crippen LogP contribution in [0.1, 0.15) is 32.1 Å². The van der Waals surface area contributed by atoms with Gasteiger partial charge in [-0.3, -0.25) is 9.69 Å². The highest BCUT2D eigenvalue weighted by atomic mass is 16.6. The molecule has 3 unspecified atom stereocenters. The zero-order valence-electron chi connectivity index (χ0n) is 15.7. The van der Waals surface area contributed by atoms with E-state index in [1.54, 1.807) is 4.90 Å². The molecule has 0 amide bonds. The third kappa shape index (κ3) is 7.71. The minimum absolute atomic E-state index is 0.0439. The molecule has 9 heteroatoms. The quantitative estimate of drug-likeness (QED) is 0.425. The number of carbonyl (C=O) groups is 2. The van der Waals surface area contributed by atoms with Gasteiger partial charge >= 0.3 is 11.9 Å². The Balaban J connectivity index is 1.83. The Morgan fingerprint density at radius 1 is 1.04 bits per heavy atom. The summed E-state index contributed by atoms with van der Waals surface area (Å²) in [5.74, 6) is -1.14. The highest BCUT2D eigenvalue weighted by Gasteiger charge is 2.37. The van der Waals surface area contributed by atoms with Crippen molar-refractivity contribution in [2.75, 3.05) is 52.7 Å². The summed E-state index contributed by atoms with van der Waals surface area (Å²) in [6.45, 7) is 2.25. The van der Waals surface area contributed by atoms with Gasteiger partial charge < -0.3 is 29.2 Å². The SMILES string of the molecule is O=C(CCN(CCO)CCO)OC(C(=O)OCC1CCCO1)C1CCCO1. The summed E-state index contributed by atoms with van der Waals surface area (Å²) in [6.07, 6.45) is 1.62. The minimum atomic E-state index is -1.08. The maximum absolute atomic E-state index is 12.5. The Morgan fingerprint density at radius 2 is 1.74 bits per heavy atom. The van der Waals surface area contributed by atoms with Crippen molar-refractivity contribution in [2.24, 2.45) is 0 Å². The van der Waals surface area contributed by atoms with E-state index in [-0.39, 0.29) is 32.3 Å². The van der Waals surface area contributed by atoms with Crippen molar-refractivity contribution in [3.63, 3.8) is 0 Å². The first-order valence-corrected chi connectivity index (χ1v) is 9.67. The van der Waals surface area contributed by atoms with E-state index in [1.807, 2.05) is 0 Å². The summed E-state index contributed by atoms with van der Waals surface area (Å²) in [5, 5.41) is 18.0. The lowest BCUT2D eigenvalue weighted by Crippen LogP contribution is -2.41. The molecular weight excluding hydrogens is 358 g/mol. The van der Waals surface area contributed by atoms with E-state index >= 15 is 0 Å². The molecule has 0 aliphatic carbocycles. The predicted molar refractivity (Wildman–Crippen MR) is 94.0 cm³/mol. The smallest absolute Gasteiger partial charge is 0.350 e. The highest BCUT2D eigenvalue weighted by Crippen LogP contribution is 2.20. The number of aliphatic hydroxyl groups excluding tert-OH is 2. The molecule has 0 aromatic carbocycles.